The highest BCUT2D eigenvalue weighted by molar-refractivity contribution is 5.81. The van der Waals surface area contributed by atoms with Gasteiger partial charge in [-0.3, -0.25) is 0 Å². The number of benzene rings is 2. The van der Waals surface area contributed by atoms with E-state index in [0.29, 0.717) is 0 Å². The molecule has 0 aliphatic carbocycles. The number of nitrogens with zero attached hydrogens (tertiary/aromatic N) is 1. The molecule has 88 valence electrons. The predicted octanol–water partition coefficient (Wildman–Crippen LogP) is 4.11. The van der Waals surface area contributed by atoms with Gasteiger partial charge < -0.3 is 16.0 Å². The highest BCUT2D eigenvalue weighted by Crippen LogP contribution is 2.32. The molecule has 2 N–H and O–H groups in total. The van der Waals surface area contributed by atoms with E-state index in [1.807, 2.05) is 55.6 Å². The second kappa shape index (κ2) is 5.25. The molecule has 0 aliphatic rings. The molecule has 0 aromatic heterocycles. The van der Waals surface area contributed by atoms with Crippen molar-refractivity contribution in [3.05, 3.63) is 53.8 Å². The number of hydrogen-bond donors (Lipinski definition) is 2. The standard InChI is InChI=1S/C14H16N3/c1-15-11-7-3-5-9-13(11)17-14-10-6-4-8-12(14)16-2/h3-10,15,17H,1-2H3/q-1. The maximum Gasteiger partial charge on any atom is 0.0619 e. The van der Waals surface area contributed by atoms with E-state index in [1.165, 1.54) is 0 Å². The topological polar surface area (TPSA) is 38.2 Å². The molecule has 0 saturated carbocycles. The van der Waals surface area contributed by atoms with Crippen LogP contribution in [0.3, 0.4) is 0 Å². The number of rotatable bonds is 4. The van der Waals surface area contributed by atoms with Gasteiger partial charge in [-0.05, 0) is 18.2 Å². The van der Waals surface area contributed by atoms with E-state index in [1.54, 1.807) is 7.05 Å². The quantitative estimate of drug-likeness (QED) is 0.823. The van der Waals surface area contributed by atoms with E-state index >= 15 is 0 Å². The predicted molar refractivity (Wildman–Crippen MR) is 74.7 cm³/mol. The molecule has 3 heteroatoms. The highest BCUT2D eigenvalue weighted by atomic mass is 15.0. The third-order valence-electron chi connectivity index (χ3n) is 2.61. The summed E-state index contributed by atoms with van der Waals surface area (Å²) in [6.07, 6.45) is 0. The van der Waals surface area contributed by atoms with Gasteiger partial charge in [-0.15, -0.1) is 12.7 Å². The fraction of sp³-hybridized carbons (Fsp3) is 0.143. The number of hydrogen-bond acceptors (Lipinski definition) is 2. The van der Waals surface area contributed by atoms with Gasteiger partial charge >= 0.3 is 0 Å². The van der Waals surface area contributed by atoms with Crippen LogP contribution in [0.25, 0.3) is 5.32 Å². The summed E-state index contributed by atoms with van der Waals surface area (Å²) in [5.41, 5.74) is 4.08. The van der Waals surface area contributed by atoms with E-state index in [9.17, 15) is 0 Å². The van der Waals surface area contributed by atoms with Crippen molar-refractivity contribution in [2.24, 2.45) is 0 Å². The fourth-order valence-electron chi connectivity index (χ4n) is 1.73. The summed E-state index contributed by atoms with van der Waals surface area (Å²) < 4.78 is 0. The Hall–Kier alpha value is -2.16. The van der Waals surface area contributed by atoms with Crippen LogP contribution >= 0.6 is 0 Å². The molecule has 2 aromatic carbocycles. The largest absolute Gasteiger partial charge is 0.685 e. The molecule has 0 amide bonds. The molecule has 0 saturated heterocycles. The van der Waals surface area contributed by atoms with Crippen LogP contribution < -0.4 is 10.6 Å². The molecule has 2 rings (SSSR count). The smallest absolute Gasteiger partial charge is 0.0619 e. The lowest BCUT2D eigenvalue weighted by molar-refractivity contribution is 1.47. The Kier molecular flexibility index (Phi) is 3.50. The minimum absolute atomic E-state index is 0.957. The second-order valence-electron chi connectivity index (χ2n) is 3.66. The lowest BCUT2D eigenvalue weighted by Crippen LogP contribution is -1.96. The van der Waals surface area contributed by atoms with Crippen LogP contribution in [0.5, 0.6) is 0 Å². The van der Waals surface area contributed by atoms with Crippen molar-refractivity contribution in [3.63, 3.8) is 0 Å². The molecule has 0 heterocycles. The zero-order valence-corrected chi connectivity index (χ0v) is 10.1. The van der Waals surface area contributed by atoms with Gasteiger partial charge in [-0.25, -0.2) is 0 Å². The molecule has 0 radical (unpaired) electrons. The third kappa shape index (κ3) is 2.50. The van der Waals surface area contributed by atoms with Crippen molar-refractivity contribution >= 4 is 22.7 Å². The zero-order chi connectivity index (χ0) is 12.1. The average Bonchev–Trinajstić information content (AvgIpc) is 2.40. The molecule has 0 spiro atoms. The molecule has 17 heavy (non-hydrogen) atoms. The molecular formula is C14H16N3-. The van der Waals surface area contributed by atoms with Crippen molar-refractivity contribution in [3.8, 4) is 0 Å². The first-order valence-electron chi connectivity index (χ1n) is 5.58. The maximum absolute atomic E-state index is 4.24. The van der Waals surface area contributed by atoms with Gasteiger partial charge in [-0.1, -0.05) is 30.3 Å². The van der Waals surface area contributed by atoms with Gasteiger partial charge in [0.05, 0.1) is 11.4 Å². The van der Waals surface area contributed by atoms with Gasteiger partial charge in [-0.2, -0.15) is 0 Å². The van der Waals surface area contributed by atoms with E-state index in [0.717, 1.165) is 22.7 Å². The monoisotopic (exact) mass is 226 g/mol. The lowest BCUT2D eigenvalue weighted by atomic mass is 10.2. The molecule has 2 aromatic rings. The zero-order valence-electron chi connectivity index (χ0n) is 10.1. The normalized spacial score (nSPS) is 9.76. The van der Waals surface area contributed by atoms with Crippen LogP contribution in [-0.4, -0.2) is 14.1 Å². The minimum Gasteiger partial charge on any atom is -0.685 e. The van der Waals surface area contributed by atoms with Gasteiger partial charge in [0.2, 0.25) is 0 Å². The molecule has 0 fully saturated rings. The number of para-hydroxylation sites is 4. The van der Waals surface area contributed by atoms with E-state index in [2.05, 4.69) is 16.0 Å². The van der Waals surface area contributed by atoms with Gasteiger partial charge in [0.1, 0.15) is 0 Å². The van der Waals surface area contributed by atoms with E-state index < -0.39 is 0 Å². The summed E-state index contributed by atoms with van der Waals surface area (Å²) in [6, 6.07) is 16.1. The van der Waals surface area contributed by atoms with Gasteiger partial charge in [0.25, 0.3) is 0 Å². The summed E-state index contributed by atoms with van der Waals surface area (Å²) in [6.45, 7) is 0. The van der Waals surface area contributed by atoms with Gasteiger partial charge in [0, 0.05) is 12.7 Å². The molecule has 0 unspecified atom stereocenters. The summed E-state index contributed by atoms with van der Waals surface area (Å²) in [5.74, 6) is 0. The van der Waals surface area contributed by atoms with Crippen molar-refractivity contribution in [1.29, 1.82) is 0 Å². The number of anilines is 3. The highest BCUT2D eigenvalue weighted by Gasteiger charge is 2.00. The fourth-order valence-corrected chi connectivity index (χ4v) is 1.73. The van der Waals surface area contributed by atoms with Crippen molar-refractivity contribution in [2.45, 2.75) is 0 Å². The van der Waals surface area contributed by atoms with Crippen molar-refractivity contribution in [2.75, 3.05) is 24.7 Å². The Labute approximate surface area is 102 Å². The van der Waals surface area contributed by atoms with Crippen molar-refractivity contribution in [1.82, 2.24) is 0 Å². The SMILES string of the molecule is C[N-]c1ccccc1Nc1ccccc1NC. The van der Waals surface area contributed by atoms with E-state index in [-0.39, 0.29) is 0 Å². The molecule has 3 nitrogen and oxygen atoms in total. The first-order valence-corrected chi connectivity index (χ1v) is 5.58. The Morgan fingerprint density at radius 2 is 1.41 bits per heavy atom. The third-order valence-corrected chi connectivity index (χ3v) is 2.61. The van der Waals surface area contributed by atoms with Crippen LogP contribution in [0, 0.1) is 0 Å². The maximum atomic E-state index is 4.24. The van der Waals surface area contributed by atoms with Crippen LogP contribution in [0.2, 0.25) is 0 Å². The first kappa shape index (κ1) is 11.3. The average molecular weight is 226 g/mol. The Morgan fingerprint density at radius 3 is 2.06 bits per heavy atom. The Balaban J connectivity index is 2.31. The molecule has 0 atom stereocenters. The Morgan fingerprint density at radius 1 is 0.824 bits per heavy atom. The first-order chi connectivity index (χ1) is 8.35. The number of nitrogens with one attached hydrogen (secondary N) is 2. The van der Waals surface area contributed by atoms with Crippen LogP contribution in [-0.2, 0) is 0 Å². The second-order valence-corrected chi connectivity index (χ2v) is 3.66. The van der Waals surface area contributed by atoms with Crippen LogP contribution in [0.15, 0.2) is 48.5 Å². The Bertz CT molecular complexity index is 449. The van der Waals surface area contributed by atoms with Gasteiger partial charge in [0.15, 0.2) is 0 Å². The summed E-state index contributed by atoms with van der Waals surface area (Å²) in [4.78, 5) is 0. The molecule has 0 aliphatic heterocycles. The van der Waals surface area contributed by atoms with Crippen LogP contribution in [0.1, 0.15) is 0 Å². The molecular weight excluding hydrogens is 210 g/mol. The molecule has 0 bridgehead atoms. The van der Waals surface area contributed by atoms with E-state index in [4.69, 9.17) is 0 Å². The summed E-state index contributed by atoms with van der Waals surface area (Å²) in [5, 5.41) is 10.8. The minimum atomic E-state index is 0.957. The summed E-state index contributed by atoms with van der Waals surface area (Å²) in [7, 11) is 3.71. The lowest BCUT2D eigenvalue weighted by Gasteiger charge is -2.21. The van der Waals surface area contributed by atoms with Crippen molar-refractivity contribution < 1.29 is 0 Å². The van der Waals surface area contributed by atoms with Crippen LogP contribution in [0.4, 0.5) is 22.7 Å². The summed E-state index contributed by atoms with van der Waals surface area (Å²) >= 11 is 0.